The van der Waals surface area contributed by atoms with Gasteiger partial charge < -0.3 is 14.4 Å². The molecular weight excluding hydrogens is 290 g/mol. The highest BCUT2D eigenvalue weighted by atomic mass is 16.5. The minimum absolute atomic E-state index is 0.0540. The Hall–Kier alpha value is -2.07. The molecule has 0 radical (unpaired) electrons. The Balaban J connectivity index is 2.02. The van der Waals surface area contributed by atoms with Crippen molar-refractivity contribution in [1.29, 1.82) is 0 Å². The predicted octanol–water partition coefficient (Wildman–Crippen LogP) is 1.15. The van der Waals surface area contributed by atoms with E-state index in [0.29, 0.717) is 6.04 Å². The van der Waals surface area contributed by atoms with Crippen LogP contribution in [0.2, 0.25) is 0 Å². The van der Waals surface area contributed by atoms with Crippen LogP contribution in [0.3, 0.4) is 0 Å². The first-order valence-corrected chi connectivity index (χ1v) is 8.12. The van der Waals surface area contributed by atoms with Crippen molar-refractivity contribution in [2.24, 2.45) is 0 Å². The first-order valence-electron chi connectivity index (χ1n) is 8.12. The smallest absolute Gasteiger partial charge is 0.178 e. The molecule has 4 heteroatoms. The van der Waals surface area contributed by atoms with Gasteiger partial charge in [-0.3, -0.25) is 4.79 Å². The van der Waals surface area contributed by atoms with Crippen molar-refractivity contribution in [2.75, 3.05) is 27.8 Å². The van der Waals surface area contributed by atoms with E-state index in [2.05, 4.69) is 25.3 Å². The van der Waals surface area contributed by atoms with E-state index in [1.54, 1.807) is 26.4 Å². The highest BCUT2D eigenvalue weighted by Gasteiger charge is 2.50. The Kier molecular flexibility index (Phi) is 3.13. The van der Waals surface area contributed by atoms with Gasteiger partial charge in [-0.05, 0) is 23.8 Å². The lowest BCUT2D eigenvalue weighted by molar-refractivity contribution is -0.914. The van der Waals surface area contributed by atoms with E-state index < -0.39 is 0 Å². The number of ketones is 1. The van der Waals surface area contributed by atoms with E-state index in [0.717, 1.165) is 30.9 Å². The Morgan fingerprint density at radius 2 is 1.96 bits per heavy atom. The molecule has 1 N–H and O–H groups in total. The molecule has 4 nitrogen and oxygen atoms in total. The standard InChI is InChI=1S/C19H21NO3/c1-20-9-6-12-10-15(22-2)18(23-3)17-16(12)14(20)11-19(17)7-4-13(21)5-8-19/h4-5,7-8,10,14H,6,9,11H2,1-3H3/p+1/t14-/m0/s1. The molecule has 0 amide bonds. The van der Waals surface area contributed by atoms with E-state index in [1.807, 2.05) is 0 Å². The van der Waals surface area contributed by atoms with Crippen LogP contribution in [-0.4, -0.2) is 33.6 Å². The summed E-state index contributed by atoms with van der Waals surface area (Å²) in [5, 5.41) is 0. The zero-order valence-electron chi connectivity index (χ0n) is 13.8. The van der Waals surface area contributed by atoms with Crippen molar-refractivity contribution >= 4 is 5.78 Å². The fourth-order valence-corrected chi connectivity index (χ4v) is 4.47. The number of allylic oxidation sites excluding steroid dienone is 4. The number of carbonyl (C=O) groups excluding carboxylic acids is 1. The molecule has 4 rings (SSSR count). The molecule has 0 saturated heterocycles. The fourth-order valence-electron chi connectivity index (χ4n) is 4.47. The second kappa shape index (κ2) is 4.96. The Morgan fingerprint density at radius 3 is 2.61 bits per heavy atom. The van der Waals surface area contributed by atoms with Gasteiger partial charge in [0.05, 0.1) is 27.8 Å². The quantitative estimate of drug-likeness (QED) is 0.891. The fraction of sp³-hybridized carbons (Fsp3) is 0.421. The Labute approximate surface area is 136 Å². The molecule has 120 valence electrons. The van der Waals surface area contributed by atoms with Crippen LogP contribution in [0, 0.1) is 0 Å². The zero-order chi connectivity index (χ0) is 16.2. The van der Waals surface area contributed by atoms with Gasteiger partial charge in [0.1, 0.15) is 6.04 Å². The molecule has 1 aliphatic heterocycles. The van der Waals surface area contributed by atoms with Crippen LogP contribution in [0.4, 0.5) is 0 Å². The highest BCUT2D eigenvalue weighted by molar-refractivity contribution is 6.01. The minimum atomic E-state index is -0.256. The van der Waals surface area contributed by atoms with Crippen LogP contribution < -0.4 is 14.4 Å². The van der Waals surface area contributed by atoms with Crippen molar-refractivity contribution in [2.45, 2.75) is 24.3 Å². The number of fused-ring (bicyclic) bond motifs is 1. The number of hydrogen-bond donors (Lipinski definition) is 1. The van der Waals surface area contributed by atoms with Gasteiger partial charge in [0.2, 0.25) is 0 Å². The highest BCUT2D eigenvalue weighted by Crippen LogP contribution is 2.55. The van der Waals surface area contributed by atoms with Crippen LogP contribution in [0.15, 0.2) is 30.4 Å². The third-order valence-corrected chi connectivity index (χ3v) is 5.62. The largest absolute Gasteiger partial charge is 0.493 e. The molecule has 3 aliphatic rings. The lowest BCUT2D eigenvalue weighted by atomic mass is 9.77. The second-order valence-corrected chi connectivity index (χ2v) is 6.77. The number of rotatable bonds is 2. The number of ether oxygens (including phenoxy) is 2. The van der Waals surface area contributed by atoms with Crippen molar-refractivity contribution in [3.8, 4) is 11.5 Å². The summed E-state index contributed by atoms with van der Waals surface area (Å²) in [7, 11) is 5.64. The van der Waals surface area contributed by atoms with Crippen LogP contribution >= 0.6 is 0 Å². The molecule has 1 aromatic rings. The van der Waals surface area contributed by atoms with Gasteiger partial charge in [0, 0.05) is 29.4 Å². The molecule has 0 saturated carbocycles. The van der Waals surface area contributed by atoms with Gasteiger partial charge in [-0.2, -0.15) is 0 Å². The van der Waals surface area contributed by atoms with Gasteiger partial charge in [-0.25, -0.2) is 0 Å². The van der Waals surface area contributed by atoms with E-state index in [1.165, 1.54) is 21.6 Å². The Bertz CT molecular complexity index is 731. The average Bonchev–Trinajstić information content (AvgIpc) is 2.90. The van der Waals surface area contributed by atoms with E-state index in [-0.39, 0.29) is 11.2 Å². The number of benzene rings is 1. The number of likely N-dealkylation sites (N-methyl/N-ethyl adjacent to an activating group) is 1. The molecule has 1 heterocycles. The molecule has 0 bridgehead atoms. The van der Waals surface area contributed by atoms with Crippen molar-refractivity contribution in [3.05, 3.63) is 47.1 Å². The van der Waals surface area contributed by atoms with Crippen molar-refractivity contribution < 1.29 is 19.2 Å². The number of quaternary nitrogens is 1. The number of methoxy groups -OCH3 is 2. The topological polar surface area (TPSA) is 40.0 Å². The normalized spacial score (nSPS) is 26.5. The molecule has 0 fully saturated rings. The van der Waals surface area contributed by atoms with Gasteiger partial charge in [0.15, 0.2) is 17.3 Å². The summed E-state index contributed by atoms with van der Waals surface area (Å²) in [4.78, 5) is 13.2. The number of carbonyl (C=O) groups is 1. The summed E-state index contributed by atoms with van der Waals surface area (Å²) in [6, 6.07) is 2.58. The monoisotopic (exact) mass is 312 g/mol. The predicted molar refractivity (Wildman–Crippen MR) is 87.3 cm³/mol. The molecule has 2 aliphatic carbocycles. The van der Waals surface area contributed by atoms with Gasteiger partial charge >= 0.3 is 0 Å². The average molecular weight is 312 g/mol. The van der Waals surface area contributed by atoms with Crippen molar-refractivity contribution in [3.63, 3.8) is 0 Å². The first-order chi connectivity index (χ1) is 11.1. The van der Waals surface area contributed by atoms with E-state index in [4.69, 9.17) is 9.47 Å². The van der Waals surface area contributed by atoms with E-state index in [9.17, 15) is 4.79 Å². The van der Waals surface area contributed by atoms with Crippen LogP contribution in [0.5, 0.6) is 11.5 Å². The third kappa shape index (κ3) is 1.91. The lowest BCUT2D eigenvalue weighted by Crippen LogP contribution is -3.10. The van der Waals surface area contributed by atoms with Crippen LogP contribution in [0.25, 0.3) is 0 Å². The van der Waals surface area contributed by atoms with E-state index >= 15 is 0 Å². The van der Waals surface area contributed by atoms with Crippen LogP contribution in [-0.2, 0) is 16.6 Å². The summed E-state index contributed by atoms with van der Waals surface area (Å²) in [6.07, 6.45) is 9.52. The van der Waals surface area contributed by atoms with Gasteiger partial charge in [0.25, 0.3) is 0 Å². The SMILES string of the molecule is COc1cc2c3c(c1OC)C1(C=CC(=O)C=C1)C[C@@H]3[NH+](C)CC2. The summed E-state index contributed by atoms with van der Waals surface area (Å²) in [5.41, 5.74) is 3.70. The molecule has 0 aromatic heterocycles. The minimum Gasteiger partial charge on any atom is -0.493 e. The third-order valence-electron chi connectivity index (χ3n) is 5.62. The molecule has 2 atom stereocenters. The van der Waals surface area contributed by atoms with Crippen molar-refractivity contribution in [1.82, 2.24) is 0 Å². The lowest BCUT2D eigenvalue weighted by Gasteiger charge is -2.29. The number of nitrogens with one attached hydrogen (secondary N) is 1. The summed E-state index contributed by atoms with van der Waals surface area (Å²) < 4.78 is 11.4. The maximum absolute atomic E-state index is 11.7. The summed E-state index contributed by atoms with van der Waals surface area (Å²) in [6.45, 7) is 1.12. The summed E-state index contributed by atoms with van der Waals surface area (Å²) >= 11 is 0. The van der Waals surface area contributed by atoms with Crippen LogP contribution in [0.1, 0.15) is 29.2 Å². The number of hydrogen-bond acceptors (Lipinski definition) is 3. The molecule has 1 spiro atoms. The molecule has 1 aromatic carbocycles. The zero-order valence-corrected chi connectivity index (χ0v) is 13.8. The maximum atomic E-state index is 11.7. The first kappa shape index (κ1) is 14.5. The second-order valence-electron chi connectivity index (χ2n) is 6.77. The molecule has 1 unspecified atom stereocenters. The Morgan fingerprint density at radius 1 is 1.22 bits per heavy atom. The van der Waals surface area contributed by atoms with Gasteiger partial charge in [-0.15, -0.1) is 0 Å². The maximum Gasteiger partial charge on any atom is 0.178 e. The summed E-state index contributed by atoms with van der Waals surface area (Å²) in [5.74, 6) is 1.66. The molecule has 23 heavy (non-hydrogen) atoms. The van der Waals surface area contributed by atoms with Gasteiger partial charge in [-0.1, -0.05) is 12.2 Å². The molecular formula is C19H22NO3+.